The third-order valence-electron chi connectivity index (χ3n) is 2.50. The molecule has 1 N–H and O–H groups in total. The van der Waals surface area contributed by atoms with Crippen molar-refractivity contribution in [3.8, 4) is 17.9 Å². The fraction of sp³-hybridized carbons (Fsp3) is 0.357. The van der Waals surface area contributed by atoms with E-state index >= 15 is 0 Å². The Morgan fingerprint density at radius 3 is 2.47 bits per heavy atom. The van der Waals surface area contributed by atoms with Crippen LogP contribution in [0.4, 0.5) is 0 Å². The molecule has 98 valence electrons. The SMILES string of the molecule is Cc1cc(C#N)cc(C)c1OCC(=O)NCCC#N. The van der Waals surface area contributed by atoms with Gasteiger partial charge in [-0.25, -0.2) is 0 Å². The minimum Gasteiger partial charge on any atom is -0.483 e. The number of benzene rings is 1. The Morgan fingerprint density at radius 1 is 1.32 bits per heavy atom. The highest BCUT2D eigenvalue weighted by molar-refractivity contribution is 5.77. The lowest BCUT2D eigenvalue weighted by Gasteiger charge is -2.12. The number of nitriles is 2. The van der Waals surface area contributed by atoms with Gasteiger partial charge in [0, 0.05) is 6.54 Å². The number of carbonyl (C=O) groups excluding carboxylic acids is 1. The molecule has 0 saturated carbocycles. The largest absolute Gasteiger partial charge is 0.483 e. The highest BCUT2D eigenvalue weighted by Gasteiger charge is 2.08. The molecule has 0 fully saturated rings. The van der Waals surface area contributed by atoms with Gasteiger partial charge in [-0.2, -0.15) is 10.5 Å². The summed E-state index contributed by atoms with van der Waals surface area (Å²) in [5.41, 5.74) is 2.21. The fourth-order valence-corrected chi connectivity index (χ4v) is 1.69. The highest BCUT2D eigenvalue weighted by atomic mass is 16.5. The Balaban J connectivity index is 2.62. The molecule has 0 saturated heterocycles. The van der Waals surface area contributed by atoms with E-state index in [-0.39, 0.29) is 18.9 Å². The van der Waals surface area contributed by atoms with Gasteiger partial charge in [-0.05, 0) is 37.1 Å². The topological polar surface area (TPSA) is 85.9 Å². The number of hydrogen-bond donors (Lipinski definition) is 1. The first-order valence-corrected chi connectivity index (χ1v) is 5.86. The molecule has 0 aliphatic carbocycles. The van der Waals surface area contributed by atoms with Crippen molar-refractivity contribution >= 4 is 5.91 Å². The van der Waals surface area contributed by atoms with Gasteiger partial charge in [0.1, 0.15) is 5.75 Å². The standard InChI is InChI=1S/C14H15N3O2/c1-10-6-12(8-16)7-11(2)14(10)19-9-13(18)17-5-3-4-15/h6-7H,3,5,9H2,1-2H3,(H,17,18). The third-order valence-corrected chi connectivity index (χ3v) is 2.50. The van der Waals surface area contributed by atoms with Crippen LogP contribution in [0.25, 0.3) is 0 Å². The minimum atomic E-state index is -0.265. The number of aryl methyl sites for hydroxylation is 2. The first kappa shape index (κ1) is 14.5. The van der Waals surface area contributed by atoms with Crippen LogP contribution in [0.3, 0.4) is 0 Å². The van der Waals surface area contributed by atoms with E-state index in [1.165, 1.54) is 0 Å². The molecule has 1 aromatic carbocycles. The fourth-order valence-electron chi connectivity index (χ4n) is 1.69. The van der Waals surface area contributed by atoms with Crippen molar-refractivity contribution in [2.24, 2.45) is 0 Å². The number of rotatable bonds is 5. The second-order valence-corrected chi connectivity index (χ2v) is 4.10. The molecule has 5 heteroatoms. The summed E-state index contributed by atoms with van der Waals surface area (Å²) in [6.45, 7) is 3.89. The normalized spacial score (nSPS) is 9.26. The van der Waals surface area contributed by atoms with Crippen LogP contribution in [0.1, 0.15) is 23.1 Å². The van der Waals surface area contributed by atoms with E-state index in [4.69, 9.17) is 15.3 Å². The predicted molar refractivity (Wildman–Crippen MR) is 69.4 cm³/mol. The molecule has 1 aromatic rings. The Bertz CT molecular complexity index is 530. The maximum absolute atomic E-state index is 11.4. The third kappa shape index (κ3) is 4.33. The second kappa shape index (κ2) is 7.03. The van der Waals surface area contributed by atoms with Crippen LogP contribution in [0.5, 0.6) is 5.75 Å². The lowest BCUT2D eigenvalue weighted by Crippen LogP contribution is -2.29. The Hall–Kier alpha value is -2.53. The van der Waals surface area contributed by atoms with Crippen molar-refractivity contribution in [1.82, 2.24) is 5.32 Å². The molecule has 19 heavy (non-hydrogen) atoms. The summed E-state index contributed by atoms with van der Waals surface area (Å²) in [6, 6.07) is 7.45. The van der Waals surface area contributed by atoms with Crippen LogP contribution in [0.2, 0.25) is 0 Å². The van der Waals surface area contributed by atoms with Gasteiger partial charge in [0.2, 0.25) is 0 Å². The molecular formula is C14H15N3O2. The van der Waals surface area contributed by atoms with Crippen molar-refractivity contribution in [3.63, 3.8) is 0 Å². The number of carbonyl (C=O) groups is 1. The van der Waals surface area contributed by atoms with Gasteiger partial charge in [0.05, 0.1) is 24.1 Å². The molecule has 0 atom stereocenters. The molecule has 0 radical (unpaired) electrons. The average molecular weight is 257 g/mol. The first-order chi connectivity index (χ1) is 9.08. The van der Waals surface area contributed by atoms with E-state index in [9.17, 15) is 4.79 Å². The van der Waals surface area contributed by atoms with Gasteiger partial charge in [-0.15, -0.1) is 0 Å². The highest BCUT2D eigenvalue weighted by Crippen LogP contribution is 2.24. The molecule has 0 aromatic heterocycles. The summed E-state index contributed by atoms with van der Waals surface area (Å²) in [7, 11) is 0. The predicted octanol–water partition coefficient (Wildman–Crippen LogP) is 1.58. The molecule has 0 spiro atoms. The van der Waals surface area contributed by atoms with Crippen LogP contribution in [-0.4, -0.2) is 19.1 Å². The second-order valence-electron chi connectivity index (χ2n) is 4.10. The van der Waals surface area contributed by atoms with Crippen LogP contribution in [0, 0.1) is 36.5 Å². The Kier molecular flexibility index (Phi) is 5.37. The Morgan fingerprint density at radius 2 is 1.95 bits per heavy atom. The van der Waals surface area contributed by atoms with Crippen LogP contribution < -0.4 is 10.1 Å². The summed E-state index contributed by atoms with van der Waals surface area (Å²) in [5, 5.41) is 19.8. The number of hydrogen-bond acceptors (Lipinski definition) is 4. The van der Waals surface area contributed by atoms with E-state index in [1.54, 1.807) is 12.1 Å². The van der Waals surface area contributed by atoms with E-state index in [1.807, 2.05) is 19.9 Å². The molecule has 0 unspecified atom stereocenters. The lowest BCUT2D eigenvalue weighted by atomic mass is 10.1. The van der Waals surface area contributed by atoms with Crippen molar-refractivity contribution in [1.29, 1.82) is 10.5 Å². The Labute approximate surface area is 112 Å². The summed E-state index contributed by atoms with van der Waals surface area (Å²) < 4.78 is 5.46. The zero-order valence-electron chi connectivity index (χ0n) is 11.0. The van der Waals surface area contributed by atoms with Crippen LogP contribution in [0.15, 0.2) is 12.1 Å². The number of nitrogens with zero attached hydrogens (tertiary/aromatic N) is 2. The minimum absolute atomic E-state index is 0.0982. The van der Waals surface area contributed by atoms with E-state index < -0.39 is 0 Å². The van der Waals surface area contributed by atoms with Gasteiger partial charge in [0.15, 0.2) is 6.61 Å². The van der Waals surface area contributed by atoms with Crippen LogP contribution >= 0.6 is 0 Å². The van der Waals surface area contributed by atoms with Crippen molar-refractivity contribution < 1.29 is 9.53 Å². The molecule has 5 nitrogen and oxygen atoms in total. The van der Waals surface area contributed by atoms with Gasteiger partial charge in [0.25, 0.3) is 5.91 Å². The first-order valence-electron chi connectivity index (χ1n) is 5.86. The molecule has 0 aliphatic rings. The number of nitrogens with one attached hydrogen (secondary N) is 1. The summed E-state index contributed by atoms with van der Waals surface area (Å²) >= 11 is 0. The van der Waals surface area contributed by atoms with E-state index in [0.717, 1.165) is 11.1 Å². The molecule has 1 amide bonds. The number of amides is 1. The summed E-state index contributed by atoms with van der Waals surface area (Å²) in [4.78, 5) is 11.4. The maximum Gasteiger partial charge on any atom is 0.257 e. The number of ether oxygens (including phenoxy) is 1. The molecular weight excluding hydrogens is 242 g/mol. The van der Waals surface area contributed by atoms with Crippen LogP contribution in [-0.2, 0) is 4.79 Å². The van der Waals surface area contributed by atoms with E-state index in [2.05, 4.69) is 11.4 Å². The summed E-state index contributed by atoms with van der Waals surface area (Å²) in [6.07, 6.45) is 0.278. The zero-order valence-corrected chi connectivity index (χ0v) is 11.0. The van der Waals surface area contributed by atoms with Gasteiger partial charge in [-0.1, -0.05) is 0 Å². The maximum atomic E-state index is 11.4. The molecule has 0 aliphatic heterocycles. The van der Waals surface area contributed by atoms with E-state index in [0.29, 0.717) is 17.9 Å². The van der Waals surface area contributed by atoms with Crippen molar-refractivity contribution in [2.45, 2.75) is 20.3 Å². The van der Waals surface area contributed by atoms with Gasteiger partial charge < -0.3 is 10.1 Å². The molecule has 1 rings (SSSR count). The summed E-state index contributed by atoms with van der Waals surface area (Å²) in [5.74, 6) is 0.354. The smallest absolute Gasteiger partial charge is 0.257 e. The quantitative estimate of drug-likeness (QED) is 0.811. The monoisotopic (exact) mass is 257 g/mol. The van der Waals surface area contributed by atoms with Crippen molar-refractivity contribution in [3.05, 3.63) is 28.8 Å². The average Bonchev–Trinajstić information content (AvgIpc) is 2.37. The van der Waals surface area contributed by atoms with Gasteiger partial charge in [-0.3, -0.25) is 4.79 Å². The molecule has 0 bridgehead atoms. The zero-order chi connectivity index (χ0) is 14.3. The lowest BCUT2D eigenvalue weighted by molar-refractivity contribution is -0.123. The van der Waals surface area contributed by atoms with Gasteiger partial charge >= 0.3 is 0 Å². The van der Waals surface area contributed by atoms with Crippen molar-refractivity contribution in [2.75, 3.05) is 13.2 Å². The molecule has 0 heterocycles.